The first-order valence-electron chi connectivity index (χ1n) is 9.95. The monoisotopic (exact) mass is 389 g/mol. The Bertz CT molecular complexity index is 680. The molecular weight excluding hydrogens is 358 g/mol. The lowest BCUT2D eigenvalue weighted by Gasteiger charge is -2.33. The first kappa shape index (κ1) is 21.8. The lowest BCUT2D eigenvalue weighted by Crippen LogP contribution is -2.42. The highest BCUT2D eigenvalue weighted by Gasteiger charge is 2.24. The van der Waals surface area contributed by atoms with E-state index in [0.29, 0.717) is 24.7 Å². The second kappa shape index (κ2) is 11.4. The molecule has 0 heterocycles. The number of carbonyl (C=O) groups is 2. The normalized spacial score (nSPS) is 14.7. The molecule has 0 unspecified atom stereocenters. The molecule has 1 aliphatic carbocycles. The average Bonchev–Trinajstić information content (AvgIpc) is 2.73. The molecular formula is C22H31NO5. The van der Waals surface area contributed by atoms with Gasteiger partial charge in [-0.3, -0.25) is 9.59 Å². The molecule has 0 N–H and O–H groups in total. The van der Waals surface area contributed by atoms with Gasteiger partial charge in [0.1, 0.15) is 11.5 Å². The predicted molar refractivity (Wildman–Crippen MR) is 108 cm³/mol. The van der Waals surface area contributed by atoms with Crippen LogP contribution in [-0.2, 0) is 14.3 Å². The lowest BCUT2D eigenvalue weighted by atomic mass is 9.94. The number of esters is 1. The van der Waals surface area contributed by atoms with Crippen LogP contribution in [0.25, 0.3) is 6.08 Å². The summed E-state index contributed by atoms with van der Waals surface area (Å²) in [7, 11) is 3.19. The average molecular weight is 389 g/mol. The summed E-state index contributed by atoms with van der Waals surface area (Å²) in [4.78, 5) is 26.6. The SMILES string of the molecule is CCOC(=O)CCN(C(=O)/C=C/c1cc(OC)ccc1OC)C1CCCCC1. The number of hydrogen-bond acceptors (Lipinski definition) is 5. The van der Waals surface area contributed by atoms with Crippen molar-refractivity contribution in [2.24, 2.45) is 0 Å². The Kier molecular flexibility index (Phi) is 8.85. The predicted octanol–water partition coefficient (Wildman–Crippen LogP) is 3.83. The van der Waals surface area contributed by atoms with Crippen LogP contribution in [0.3, 0.4) is 0 Å². The van der Waals surface area contributed by atoms with Crippen LogP contribution in [0.5, 0.6) is 11.5 Å². The maximum atomic E-state index is 13.0. The minimum atomic E-state index is -0.269. The highest BCUT2D eigenvalue weighted by Crippen LogP contribution is 2.26. The summed E-state index contributed by atoms with van der Waals surface area (Å²) >= 11 is 0. The molecule has 154 valence electrons. The van der Waals surface area contributed by atoms with Gasteiger partial charge in [0.05, 0.1) is 27.2 Å². The highest BCUT2D eigenvalue weighted by molar-refractivity contribution is 5.92. The van der Waals surface area contributed by atoms with Crippen LogP contribution in [0.4, 0.5) is 0 Å². The van der Waals surface area contributed by atoms with Gasteiger partial charge in [0.2, 0.25) is 5.91 Å². The summed E-state index contributed by atoms with van der Waals surface area (Å²) in [5, 5.41) is 0. The zero-order chi connectivity index (χ0) is 20.4. The highest BCUT2D eigenvalue weighted by atomic mass is 16.5. The maximum absolute atomic E-state index is 13.0. The number of carbonyl (C=O) groups excluding carboxylic acids is 2. The number of nitrogens with zero attached hydrogens (tertiary/aromatic N) is 1. The molecule has 0 spiro atoms. The Balaban J connectivity index is 2.14. The van der Waals surface area contributed by atoms with Crippen LogP contribution < -0.4 is 9.47 Å². The Labute approximate surface area is 167 Å². The number of benzene rings is 1. The fraction of sp³-hybridized carbons (Fsp3) is 0.545. The van der Waals surface area contributed by atoms with Gasteiger partial charge < -0.3 is 19.1 Å². The summed E-state index contributed by atoms with van der Waals surface area (Å²) in [5.74, 6) is 0.996. The van der Waals surface area contributed by atoms with Gasteiger partial charge in [0.25, 0.3) is 0 Å². The molecule has 0 aliphatic heterocycles. The molecule has 0 atom stereocenters. The largest absolute Gasteiger partial charge is 0.497 e. The molecule has 1 aliphatic rings. The molecule has 6 heteroatoms. The number of hydrogen-bond donors (Lipinski definition) is 0. The van der Waals surface area contributed by atoms with Gasteiger partial charge in [0.15, 0.2) is 0 Å². The van der Waals surface area contributed by atoms with Gasteiger partial charge in [-0.2, -0.15) is 0 Å². The molecule has 1 saturated carbocycles. The van der Waals surface area contributed by atoms with Crippen molar-refractivity contribution in [2.45, 2.75) is 51.5 Å². The minimum Gasteiger partial charge on any atom is -0.497 e. The van der Waals surface area contributed by atoms with Crippen LogP contribution >= 0.6 is 0 Å². The first-order valence-corrected chi connectivity index (χ1v) is 9.95. The Morgan fingerprint density at radius 2 is 1.89 bits per heavy atom. The van der Waals surface area contributed by atoms with E-state index in [2.05, 4.69) is 0 Å². The van der Waals surface area contributed by atoms with Crippen LogP contribution in [-0.4, -0.2) is 50.2 Å². The van der Waals surface area contributed by atoms with Crippen molar-refractivity contribution in [2.75, 3.05) is 27.4 Å². The van der Waals surface area contributed by atoms with Gasteiger partial charge >= 0.3 is 5.97 Å². The maximum Gasteiger partial charge on any atom is 0.307 e. The summed E-state index contributed by atoms with van der Waals surface area (Å²) in [5.41, 5.74) is 0.768. The summed E-state index contributed by atoms with van der Waals surface area (Å²) < 4.78 is 15.6. The lowest BCUT2D eigenvalue weighted by molar-refractivity contribution is -0.144. The standard InChI is InChI=1S/C22H31NO5/c1-4-28-22(25)14-15-23(18-8-6-5-7-9-18)21(24)13-10-17-16-19(26-2)11-12-20(17)27-3/h10-13,16,18H,4-9,14-15H2,1-3H3/b13-10+. The van der Waals surface area contributed by atoms with Crippen molar-refractivity contribution < 1.29 is 23.8 Å². The second-order valence-electron chi connectivity index (χ2n) is 6.82. The molecule has 1 aromatic rings. The van der Waals surface area contributed by atoms with Crippen LogP contribution in [0.15, 0.2) is 24.3 Å². The fourth-order valence-electron chi connectivity index (χ4n) is 3.54. The minimum absolute atomic E-state index is 0.0962. The topological polar surface area (TPSA) is 65.1 Å². The van der Waals surface area contributed by atoms with Crippen molar-refractivity contribution in [1.82, 2.24) is 4.90 Å². The Hall–Kier alpha value is -2.50. The van der Waals surface area contributed by atoms with Gasteiger partial charge in [-0.1, -0.05) is 19.3 Å². The molecule has 1 fully saturated rings. The zero-order valence-corrected chi connectivity index (χ0v) is 17.1. The molecule has 0 radical (unpaired) electrons. The van der Waals surface area contributed by atoms with E-state index in [1.54, 1.807) is 33.3 Å². The smallest absolute Gasteiger partial charge is 0.307 e. The fourth-order valence-corrected chi connectivity index (χ4v) is 3.54. The van der Waals surface area contributed by atoms with E-state index in [1.807, 2.05) is 23.1 Å². The quantitative estimate of drug-likeness (QED) is 0.474. The molecule has 1 aromatic carbocycles. The van der Waals surface area contributed by atoms with E-state index in [1.165, 1.54) is 6.42 Å². The van der Waals surface area contributed by atoms with E-state index in [9.17, 15) is 9.59 Å². The van der Waals surface area contributed by atoms with Crippen LogP contribution in [0.1, 0.15) is 51.0 Å². The molecule has 1 amide bonds. The van der Waals surface area contributed by atoms with Crippen molar-refractivity contribution in [3.63, 3.8) is 0 Å². The number of rotatable bonds is 9. The summed E-state index contributed by atoms with van der Waals surface area (Å²) in [6.45, 7) is 2.51. The van der Waals surface area contributed by atoms with Crippen molar-refractivity contribution in [1.29, 1.82) is 0 Å². The zero-order valence-electron chi connectivity index (χ0n) is 17.1. The van der Waals surface area contributed by atoms with E-state index in [-0.39, 0.29) is 24.3 Å². The summed E-state index contributed by atoms with van der Waals surface area (Å²) in [6.07, 6.45) is 8.89. The third-order valence-corrected chi connectivity index (χ3v) is 5.00. The molecule has 0 bridgehead atoms. The van der Waals surface area contributed by atoms with E-state index >= 15 is 0 Å². The number of amides is 1. The van der Waals surface area contributed by atoms with Crippen molar-refractivity contribution in [3.8, 4) is 11.5 Å². The molecule has 6 nitrogen and oxygen atoms in total. The first-order chi connectivity index (χ1) is 13.6. The van der Waals surface area contributed by atoms with E-state index in [4.69, 9.17) is 14.2 Å². The number of ether oxygens (including phenoxy) is 3. The van der Waals surface area contributed by atoms with E-state index < -0.39 is 0 Å². The Morgan fingerprint density at radius 3 is 2.54 bits per heavy atom. The van der Waals surface area contributed by atoms with Gasteiger partial charge in [-0.05, 0) is 44.0 Å². The van der Waals surface area contributed by atoms with Crippen LogP contribution in [0, 0.1) is 0 Å². The summed E-state index contributed by atoms with van der Waals surface area (Å²) in [6, 6.07) is 5.62. The van der Waals surface area contributed by atoms with Crippen molar-refractivity contribution in [3.05, 3.63) is 29.8 Å². The van der Waals surface area contributed by atoms with E-state index in [0.717, 1.165) is 31.2 Å². The van der Waals surface area contributed by atoms with Crippen molar-refractivity contribution >= 4 is 18.0 Å². The molecule has 28 heavy (non-hydrogen) atoms. The van der Waals surface area contributed by atoms with Gasteiger partial charge in [-0.25, -0.2) is 0 Å². The van der Waals surface area contributed by atoms with Crippen LogP contribution in [0.2, 0.25) is 0 Å². The number of methoxy groups -OCH3 is 2. The molecule has 2 rings (SSSR count). The van der Waals surface area contributed by atoms with Gasteiger partial charge in [-0.15, -0.1) is 0 Å². The third-order valence-electron chi connectivity index (χ3n) is 5.00. The molecule has 0 aromatic heterocycles. The molecule has 0 saturated heterocycles. The third kappa shape index (κ3) is 6.29. The Morgan fingerprint density at radius 1 is 1.14 bits per heavy atom. The van der Waals surface area contributed by atoms with Gasteiger partial charge in [0, 0.05) is 24.2 Å². The second-order valence-corrected chi connectivity index (χ2v) is 6.82.